The van der Waals surface area contributed by atoms with Gasteiger partial charge < -0.3 is 5.32 Å². The van der Waals surface area contributed by atoms with E-state index < -0.39 is 0 Å². The van der Waals surface area contributed by atoms with E-state index in [1.54, 1.807) is 16.8 Å². The highest BCUT2D eigenvalue weighted by Crippen LogP contribution is 2.17. The number of hydrogen-bond acceptors (Lipinski definition) is 2. The summed E-state index contributed by atoms with van der Waals surface area (Å²) in [7, 11) is 0. The van der Waals surface area contributed by atoms with Gasteiger partial charge in [0.2, 0.25) is 0 Å². The van der Waals surface area contributed by atoms with E-state index in [2.05, 4.69) is 31.2 Å². The molecule has 0 amide bonds. The first-order valence-corrected chi connectivity index (χ1v) is 6.41. The zero-order valence-corrected chi connectivity index (χ0v) is 11.9. The van der Waals surface area contributed by atoms with Crippen LogP contribution in [0.15, 0.2) is 30.5 Å². The molecule has 0 aliphatic heterocycles. The summed E-state index contributed by atoms with van der Waals surface area (Å²) in [5.74, 6) is -0.224. The first-order chi connectivity index (χ1) is 8.85. The summed E-state index contributed by atoms with van der Waals surface area (Å²) >= 11 is 0. The number of benzene rings is 1. The van der Waals surface area contributed by atoms with Crippen molar-refractivity contribution in [2.45, 2.75) is 39.8 Å². The molecule has 0 bridgehead atoms. The molecule has 0 saturated carbocycles. The average Bonchev–Trinajstić information content (AvgIpc) is 2.72. The molecule has 19 heavy (non-hydrogen) atoms. The number of aromatic nitrogens is 2. The van der Waals surface area contributed by atoms with Gasteiger partial charge in [0.25, 0.3) is 0 Å². The lowest BCUT2D eigenvalue weighted by atomic mass is 10.1. The second-order valence-electron chi connectivity index (χ2n) is 5.78. The fraction of sp³-hybridized carbons (Fsp3) is 0.400. The molecule has 0 aliphatic rings. The predicted molar refractivity (Wildman–Crippen MR) is 74.9 cm³/mol. The zero-order chi connectivity index (χ0) is 14.0. The van der Waals surface area contributed by atoms with Gasteiger partial charge in [-0.2, -0.15) is 5.10 Å². The van der Waals surface area contributed by atoms with E-state index in [1.807, 2.05) is 19.2 Å². The lowest BCUT2D eigenvalue weighted by molar-refractivity contribution is 0.423. The predicted octanol–water partition coefficient (Wildman–Crippen LogP) is 3.21. The largest absolute Gasteiger partial charge is 0.308 e. The molecule has 1 aromatic heterocycles. The topological polar surface area (TPSA) is 29.9 Å². The van der Waals surface area contributed by atoms with Crippen LogP contribution >= 0.6 is 0 Å². The Morgan fingerprint density at radius 3 is 2.58 bits per heavy atom. The Labute approximate surface area is 113 Å². The molecule has 0 atom stereocenters. The summed E-state index contributed by atoms with van der Waals surface area (Å²) in [5.41, 5.74) is 2.74. The highest BCUT2D eigenvalue weighted by molar-refractivity contribution is 5.41. The smallest absolute Gasteiger partial charge is 0.123 e. The SMILES string of the molecule is Cc1ccn(-c2ccc(F)cc2CNC(C)(C)C)n1. The molecule has 3 nitrogen and oxygen atoms in total. The highest BCUT2D eigenvalue weighted by atomic mass is 19.1. The minimum absolute atomic E-state index is 0.0103. The van der Waals surface area contributed by atoms with Gasteiger partial charge in [0.1, 0.15) is 5.82 Å². The fourth-order valence-corrected chi connectivity index (χ4v) is 1.83. The summed E-state index contributed by atoms with van der Waals surface area (Å²) in [6.45, 7) is 8.81. The van der Waals surface area contributed by atoms with Crippen LogP contribution in [0.4, 0.5) is 4.39 Å². The molecular weight excluding hydrogens is 241 g/mol. The molecular formula is C15H20FN3. The Balaban J connectivity index is 2.33. The van der Waals surface area contributed by atoms with E-state index in [-0.39, 0.29) is 11.4 Å². The van der Waals surface area contributed by atoms with Gasteiger partial charge in [0, 0.05) is 18.3 Å². The van der Waals surface area contributed by atoms with Crippen LogP contribution in [0.1, 0.15) is 32.0 Å². The van der Waals surface area contributed by atoms with Gasteiger partial charge in [-0.15, -0.1) is 0 Å². The molecule has 1 aromatic carbocycles. The summed E-state index contributed by atoms with van der Waals surface area (Å²) in [6, 6.07) is 6.73. The molecule has 4 heteroatoms. The second-order valence-corrected chi connectivity index (χ2v) is 5.78. The van der Waals surface area contributed by atoms with Crippen LogP contribution in [0.2, 0.25) is 0 Å². The van der Waals surface area contributed by atoms with E-state index in [4.69, 9.17) is 0 Å². The van der Waals surface area contributed by atoms with Crippen molar-refractivity contribution in [2.24, 2.45) is 0 Å². The van der Waals surface area contributed by atoms with Crippen molar-refractivity contribution in [3.8, 4) is 5.69 Å². The molecule has 0 unspecified atom stereocenters. The molecule has 0 spiro atoms. The Morgan fingerprint density at radius 2 is 2.00 bits per heavy atom. The summed E-state index contributed by atoms with van der Waals surface area (Å²) in [4.78, 5) is 0. The van der Waals surface area contributed by atoms with E-state index in [1.165, 1.54) is 6.07 Å². The Morgan fingerprint density at radius 1 is 1.26 bits per heavy atom. The first-order valence-electron chi connectivity index (χ1n) is 6.41. The van der Waals surface area contributed by atoms with Crippen molar-refractivity contribution in [2.75, 3.05) is 0 Å². The van der Waals surface area contributed by atoms with Crippen molar-refractivity contribution < 1.29 is 4.39 Å². The third-order valence-electron chi connectivity index (χ3n) is 2.82. The van der Waals surface area contributed by atoms with Crippen LogP contribution in [0.5, 0.6) is 0 Å². The van der Waals surface area contributed by atoms with Gasteiger partial charge >= 0.3 is 0 Å². The average molecular weight is 261 g/mol. The van der Waals surface area contributed by atoms with Crippen molar-refractivity contribution in [1.82, 2.24) is 15.1 Å². The normalized spacial score (nSPS) is 11.8. The fourth-order valence-electron chi connectivity index (χ4n) is 1.83. The van der Waals surface area contributed by atoms with Gasteiger partial charge in [0.15, 0.2) is 0 Å². The monoisotopic (exact) mass is 261 g/mol. The van der Waals surface area contributed by atoms with Gasteiger partial charge in [-0.05, 0) is 57.5 Å². The lowest BCUT2D eigenvalue weighted by Crippen LogP contribution is -2.35. The van der Waals surface area contributed by atoms with Crippen molar-refractivity contribution in [3.63, 3.8) is 0 Å². The third-order valence-corrected chi connectivity index (χ3v) is 2.82. The van der Waals surface area contributed by atoms with Crippen molar-refractivity contribution >= 4 is 0 Å². The van der Waals surface area contributed by atoms with E-state index in [0.29, 0.717) is 6.54 Å². The highest BCUT2D eigenvalue weighted by Gasteiger charge is 2.12. The minimum atomic E-state index is -0.224. The minimum Gasteiger partial charge on any atom is -0.308 e. The lowest BCUT2D eigenvalue weighted by Gasteiger charge is -2.21. The number of rotatable bonds is 3. The van der Waals surface area contributed by atoms with Crippen LogP contribution in [-0.4, -0.2) is 15.3 Å². The van der Waals surface area contributed by atoms with Crippen LogP contribution in [0, 0.1) is 12.7 Å². The van der Waals surface area contributed by atoms with E-state index in [0.717, 1.165) is 16.9 Å². The maximum absolute atomic E-state index is 13.4. The number of hydrogen-bond donors (Lipinski definition) is 1. The number of aryl methyl sites for hydroxylation is 1. The summed E-state index contributed by atoms with van der Waals surface area (Å²) < 4.78 is 15.2. The quantitative estimate of drug-likeness (QED) is 0.919. The van der Waals surface area contributed by atoms with E-state index >= 15 is 0 Å². The van der Waals surface area contributed by atoms with Crippen molar-refractivity contribution in [3.05, 3.63) is 47.5 Å². The molecule has 102 valence electrons. The van der Waals surface area contributed by atoms with Crippen LogP contribution < -0.4 is 5.32 Å². The molecule has 2 rings (SSSR count). The Bertz CT molecular complexity index is 567. The summed E-state index contributed by atoms with van der Waals surface area (Å²) in [5, 5.41) is 7.76. The van der Waals surface area contributed by atoms with Crippen LogP contribution in [-0.2, 0) is 6.54 Å². The van der Waals surface area contributed by atoms with Gasteiger partial charge in [-0.25, -0.2) is 9.07 Å². The van der Waals surface area contributed by atoms with Gasteiger partial charge in [-0.1, -0.05) is 0 Å². The Hall–Kier alpha value is -1.68. The van der Waals surface area contributed by atoms with E-state index in [9.17, 15) is 4.39 Å². The number of halogens is 1. The maximum Gasteiger partial charge on any atom is 0.123 e. The molecule has 1 heterocycles. The Kier molecular flexibility index (Phi) is 3.71. The van der Waals surface area contributed by atoms with Crippen molar-refractivity contribution in [1.29, 1.82) is 0 Å². The molecule has 0 aliphatic carbocycles. The first kappa shape index (κ1) is 13.7. The molecule has 0 saturated heterocycles. The zero-order valence-electron chi connectivity index (χ0n) is 11.9. The number of nitrogens with zero attached hydrogens (tertiary/aromatic N) is 2. The molecule has 0 fully saturated rings. The number of nitrogens with one attached hydrogen (secondary N) is 1. The second kappa shape index (κ2) is 5.13. The van der Waals surface area contributed by atoms with Gasteiger partial charge in [-0.3, -0.25) is 0 Å². The molecule has 0 radical (unpaired) electrons. The van der Waals surface area contributed by atoms with Crippen LogP contribution in [0.3, 0.4) is 0 Å². The van der Waals surface area contributed by atoms with Gasteiger partial charge in [0.05, 0.1) is 11.4 Å². The van der Waals surface area contributed by atoms with Crippen LogP contribution in [0.25, 0.3) is 5.69 Å². The third kappa shape index (κ3) is 3.64. The standard InChI is InChI=1S/C15H20FN3/c1-11-7-8-19(18-11)14-6-5-13(16)9-12(14)10-17-15(2,3)4/h5-9,17H,10H2,1-4H3. The molecule has 1 N–H and O–H groups in total. The maximum atomic E-state index is 13.4. The summed E-state index contributed by atoms with van der Waals surface area (Å²) in [6.07, 6.45) is 1.89. The molecule has 2 aromatic rings.